The summed E-state index contributed by atoms with van der Waals surface area (Å²) < 4.78 is 28.6. The highest BCUT2D eigenvalue weighted by molar-refractivity contribution is 5.99. The number of esters is 1. The normalized spacial score (nSPS) is 36.6. The lowest BCUT2D eigenvalue weighted by Gasteiger charge is -2.43. The molecule has 4 fully saturated rings. The van der Waals surface area contributed by atoms with Gasteiger partial charge in [-0.2, -0.15) is 0 Å². The molecule has 4 aliphatic rings. The van der Waals surface area contributed by atoms with Gasteiger partial charge in [-0.25, -0.2) is 0 Å². The quantitative estimate of drug-likeness (QED) is 0.315. The van der Waals surface area contributed by atoms with Crippen LogP contribution in [-0.4, -0.2) is 141 Å². The monoisotopic (exact) mass is 700 g/mol. The van der Waals surface area contributed by atoms with Gasteiger partial charge in [0.05, 0.1) is 24.9 Å². The largest absolute Gasteiger partial charge is 0.463 e. The summed E-state index contributed by atoms with van der Waals surface area (Å²) in [7, 11) is 7.94. The maximum absolute atomic E-state index is 12.9. The van der Waals surface area contributed by atoms with E-state index in [2.05, 4.69) is 35.6 Å². The van der Waals surface area contributed by atoms with Gasteiger partial charge in [0.2, 0.25) is 0 Å². The minimum absolute atomic E-state index is 0.00580. The number of nitrogens with zero attached hydrogens (tertiary/aromatic N) is 3. The maximum Gasteiger partial charge on any atom is 0.316 e. The Morgan fingerprint density at radius 3 is 2.14 bits per heavy atom. The Morgan fingerprint density at radius 1 is 0.980 bits per heavy atom. The number of likely N-dealkylation sites (N-methyl/N-ethyl adjacent to an activating group) is 1. The third-order valence-corrected chi connectivity index (χ3v) is 10.9. The highest BCUT2D eigenvalue weighted by atomic mass is 16.7. The molecular formula is C38H73N3O8. The molecule has 0 radical (unpaired) electrons. The zero-order valence-electron chi connectivity index (χ0n) is 33.3. The van der Waals surface area contributed by atoms with Crippen molar-refractivity contribution in [1.82, 2.24) is 14.7 Å². The number of likely N-dealkylation sites (tertiary alicyclic amines) is 1. The minimum Gasteiger partial charge on any atom is -0.463 e. The first-order valence-electron chi connectivity index (χ1n) is 19.0. The predicted octanol–water partition coefficient (Wildman–Crippen LogP) is 4.83. The number of ether oxygens (including phenoxy) is 5. The topological polar surface area (TPSA) is 110 Å². The van der Waals surface area contributed by atoms with E-state index in [0.717, 1.165) is 51.7 Å². The van der Waals surface area contributed by atoms with E-state index in [4.69, 9.17) is 23.7 Å². The molecule has 0 amide bonds. The molecule has 0 aromatic carbocycles. The predicted molar refractivity (Wildman–Crippen MR) is 193 cm³/mol. The summed E-state index contributed by atoms with van der Waals surface area (Å²) in [5.41, 5.74) is 0. The van der Waals surface area contributed by atoms with Crippen LogP contribution in [0.5, 0.6) is 0 Å². The van der Waals surface area contributed by atoms with E-state index in [1.54, 1.807) is 14.0 Å². The second kappa shape index (κ2) is 20.8. The molecule has 49 heavy (non-hydrogen) atoms. The summed E-state index contributed by atoms with van der Waals surface area (Å²) in [4.78, 5) is 32.8. The molecule has 0 bridgehead atoms. The van der Waals surface area contributed by atoms with Crippen molar-refractivity contribution < 1.29 is 38.4 Å². The van der Waals surface area contributed by atoms with E-state index in [1.165, 1.54) is 0 Å². The van der Waals surface area contributed by atoms with Crippen LogP contribution in [0.15, 0.2) is 0 Å². The molecular weight excluding hydrogens is 626 g/mol. The first kappa shape index (κ1) is 44.0. The number of rotatable bonds is 5. The summed E-state index contributed by atoms with van der Waals surface area (Å²) in [6.45, 7) is 21.8. The van der Waals surface area contributed by atoms with E-state index in [1.807, 2.05) is 55.6 Å². The molecule has 0 aromatic heterocycles. The van der Waals surface area contributed by atoms with E-state index < -0.39 is 24.0 Å². The molecule has 0 saturated carbocycles. The number of aliphatic hydroxyl groups is 1. The molecule has 4 saturated heterocycles. The Balaban J connectivity index is 0.000000539. The number of aliphatic hydroxyl groups excluding tert-OH is 1. The molecule has 10 atom stereocenters. The molecule has 8 unspecified atom stereocenters. The first-order chi connectivity index (χ1) is 23.0. The third-order valence-electron chi connectivity index (χ3n) is 10.9. The fourth-order valence-electron chi connectivity index (χ4n) is 7.82. The molecule has 1 N–H and O–H groups in total. The minimum atomic E-state index is -0.748. The van der Waals surface area contributed by atoms with E-state index >= 15 is 0 Å². The summed E-state index contributed by atoms with van der Waals surface area (Å²) in [5.74, 6) is -1.12. The summed E-state index contributed by atoms with van der Waals surface area (Å²) in [5, 5.41) is 9.25. The number of carbonyl (C=O) groups is 2. The van der Waals surface area contributed by atoms with Crippen LogP contribution < -0.4 is 0 Å². The lowest BCUT2D eigenvalue weighted by Crippen LogP contribution is -2.51. The van der Waals surface area contributed by atoms with E-state index in [0.29, 0.717) is 43.6 Å². The van der Waals surface area contributed by atoms with Crippen LogP contribution in [0.25, 0.3) is 0 Å². The Labute approximate surface area is 298 Å². The van der Waals surface area contributed by atoms with Crippen LogP contribution in [0.2, 0.25) is 0 Å². The average Bonchev–Trinajstić information content (AvgIpc) is 3.43. The van der Waals surface area contributed by atoms with Gasteiger partial charge in [0, 0.05) is 44.1 Å². The van der Waals surface area contributed by atoms with Crippen molar-refractivity contribution in [3.05, 3.63) is 0 Å². The van der Waals surface area contributed by atoms with Gasteiger partial charge in [0.1, 0.15) is 18.3 Å². The molecule has 0 spiro atoms. The molecule has 0 aromatic rings. The van der Waals surface area contributed by atoms with Gasteiger partial charge in [-0.1, -0.05) is 27.7 Å². The van der Waals surface area contributed by atoms with Gasteiger partial charge in [0.15, 0.2) is 12.1 Å². The lowest BCUT2D eigenvalue weighted by molar-refractivity contribution is -0.172. The number of cyclic esters (lactones) is 1. The van der Waals surface area contributed by atoms with Crippen LogP contribution in [-0.2, 0) is 33.3 Å². The van der Waals surface area contributed by atoms with Crippen LogP contribution in [0.1, 0.15) is 101 Å². The molecule has 11 nitrogen and oxygen atoms in total. The van der Waals surface area contributed by atoms with Crippen molar-refractivity contribution in [2.24, 2.45) is 23.7 Å². The number of piperidine rings is 1. The summed E-state index contributed by atoms with van der Waals surface area (Å²) in [6.07, 6.45) is 5.06. The van der Waals surface area contributed by atoms with Gasteiger partial charge in [0.25, 0.3) is 0 Å². The van der Waals surface area contributed by atoms with Gasteiger partial charge < -0.3 is 33.7 Å². The Morgan fingerprint density at radius 2 is 1.61 bits per heavy atom. The second-order valence-electron chi connectivity index (χ2n) is 15.6. The summed E-state index contributed by atoms with van der Waals surface area (Å²) in [6, 6.07) is 0.886. The van der Waals surface area contributed by atoms with Crippen molar-refractivity contribution >= 4 is 11.8 Å². The SMILES string of the molecule is CC.CC1CC(N(C)C)CC(O)O1.COC1C[C@@H](C)CN(C)C(C2CCN(C(C)C3COC(C)(C)O3)CC2)COC(=O)C(C)C(=O)[C@H](C)C1. The smallest absolute Gasteiger partial charge is 0.316 e. The highest BCUT2D eigenvalue weighted by Gasteiger charge is 2.40. The van der Waals surface area contributed by atoms with E-state index in [9.17, 15) is 14.7 Å². The van der Waals surface area contributed by atoms with Crippen LogP contribution in [0, 0.1) is 23.7 Å². The number of ketones is 1. The fraction of sp³-hybridized carbons (Fsp3) is 0.947. The Bertz CT molecular complexity index is 965. The van der Waals surface area contributed by atoms with Crippen molar-refractivity contribution in [2.75, 3.05) is 61.1 Å². The molecule has 4 aliphatic heterocycles. The Kier molecular flexibility index (Phi) is 18.6. The zero-order chi connectivity index (χ0) is 37.1. The standard InChI is InChI=1S/C28H50N2O6.C8H17NO2.C2H6/c1-18-13-23(33-8)14-19(2)26(31)20(3)27(32)34-16-24(29(7)15-18)22-9-11-30(12-10-22)21(4)25-17-35-28(5,6)36-25;1-6-4-7(9(2)3)5-8(10)11-6;1-2/h18-25H,9-17H2,1-8H3;6-8,10H,4-5H2,1-3H3;1-2H3/t18-,19-,20?,21?,23?,24?,25?;;/m1../s1. The van der Waals surface area contributed by atoms with Crippen molar-refractivity contribution in [3.8, 4) is 0 Å². The number of hydrogen-bond donors (Lipinski definition) is 1. The molecule has 4 rings (SSSR count). The average molecular weight is 700 g/mol. The summed E-state index contributed by atoms with van der Waals surface area (Å²) >= 11 is 0. The van der Waals surface area contributed by atoms with Crippen LogP contribution >= 0.6 is 0 Å². The number of Topliss-reactive ketones (excluding diaryl/α,β-unsaturated/α-hetero) is 1. The van der Waals surface area contributed by atoms with Crippen molar-refractivity contribution in [3.63, 3.8) is 0 Å². The fourth-order valence-corrected chi connectivity index (χ4v) is 7.82. The number of carbonyl (C=O) groups excluding carboxylic acids is 2. The molecule has 288 valence electrons. The van der Waals surface area contributed by atoms with Crippen LogP contribution in [0.4, 0.5) is 0 Å². The molecule has 11 heteroatoms. The van der Waals surface area contributed by atoms with E-state index in [-0.39, 0.29) is 36.1 Å². The van der Waals surface area contributed by atoms with Gasteiger partial charge in [-0.15, -0.1) is 0 Å². The lowest BCUT2D eigenvalue weighted by atomic mass is 9.87. The zero-order valence-corrected chi connectivity index (χ0v) is 33.3. The Hall–Kier alpha value is -1.18. The van der Waals surface area contributed by atoms with Crippen LogP contribution in [0.3, 0.4) is 0 Å². The van der Waals surface area contributed by atoms with Gasteiger partial charge in [-0.05, 0) is 113 Å². The highest BCUT2D eigenvalue weighted by Crippen LogP contribution is 2.31. The first-order valence-corrected chi connectivity index (χ1v) is 19.0. The van der Waals surface area contributed by atoms with Gasteiger partial charge >= 0.3 is 5.97 Å². The molecule has 0 aliphatic carbocycles. The number of hydrogen-bond acceptors (Lipinski definition) is 11. The van der Waals surface area contributed by atoms with Crippen molar-refractivity contribution in [2.45, 2.75) is 149 Å². The maximum atomic E-state index is 12.9. The van der Waals surface area contributed by atoms with Crippen molar-refractivity contribution in [1.29, 1.82) is 0 Å². The molecule has 4 heterocycles. The third kappa shape index (κ3) is 13.7. The van der Waals surface area contributed by atoms with Gasteiger partial charge in [-0.3, -0.25) is 19.4 Å². The number of methoxy groups -OCH3 is 1. The second-order valence-corrected chi connectivity index (χ2v) is 15.6.